The molecular weight excluding hydrogens is 365 g/mol. The molecule has 2 N–H and O–H groups in total. The van der Waals surface area contributed by atoms with E-state index in [9.17, 15) is 14.0 Å². The summed E-state index contributed by atoms with van der Waals surface area (Å²) in [5.74, 6) is 0.0574. The first-order valence-corrected chi connectivity index (χ1v) is 10.1. The van der Waals surface area contributed by atoms with Crippen LogP contribution in [0.1, 0.15) is 12.0 Å². The molecule has 1 spiro atoms. The van der Waals surface area contributed by atoms with Crippen molar-refractivity contribution in [2.45, 2.75) is 18.0 Å². The smallest absolute Gasteiger partial charge is 0.250 e. The lowest BCUT2D eigenvalue weighted by Gasteiger charge is -2.36. The molecule has 3 aliphatic rings. The topological polar surface area (TPSA) is 61.4 Å². The van der Waals surface area contributed by atoms with Gasteiger partial charge in [-0.1, -0.05) is 30.3 Å². The van der Waals surface area contributed by atoms with Gasteiger partial charge in [-0.2, -0.15) is 0 Å². The van der Waals surface area contributed by atoms with E-state index in [4.69, 9.17) is 0 Å². The molecule has 7 heteroatoms. The highest BCUT2D eigenvalue weighted by Gasteiger charge is 2.65. The van der Waals surface area contributed by atoms with E-state index >= 15 is 0 Å². The van der Waals surface area contributed by atoms with Crippen LogP contribution in [0.5, 0.6) is 0 Å². The van der Waals surface area contributed by atoms with Crippen molar-refractivity contribution in [1.82, 2.24) is 4.90 Å². The first-order chi connectivity index (χ1) is 13.1. The normalized spacial score (nSPS) is 28.9. The summed E-state index contributed by atoms with van der Waals surface area (Å²) in [5, 5.41) is 5.68. The number of carbonyl (C=O) groups is 2. The molecule has 2 aromatic carbocycles. The Balaban J connectivity index is 1.59. The lowest BCUT2D eigenvalue weighted by Crippen LogP contribution is -2.53. The van der Waals surface area contributed by atoms with E-state index in [1.54, 1.807) is 23.9 Å². The van der Waals surface area contributed by atoms with E-state index in [-0.39, 0.29) is 23.5 Å². The largest absolute Gasteiger partial charge is 0.324 e. The summed E-state index contributed by atoms with van der Waals surface area (Å²) in [7, 11) is 0. The lowest BCUT2D eigenvalue weighted by atomic mass is 9.79. The summed E-state index contributed by atoms with van der Waals surface area (Å²) < 4.78 is 14.0. The summed E-state index contributed by atoms with van der Waals surface area (Å²) in [6.45, 7) is 0. The van der Waals surface area contributed by atoms with Gasteiger partial charge in [0.25, 0.3) is 0 Å². The Morgan fingerprint density at radius 2 is 2.00 bits per heavy atom. The highest BCUT2D eigenvalue weighted by Crippen LogP contribution is 2.55. The minimum Gasteiger partial charge on any atom is -0.324 e. The van der Waals surface area contributed by atoms with Gasteiger partial charge in [0.05, 0.1) is 11.6 Å². The van der Waals surface area contributed by atoms with Crippen LogP contribution in [0.2, 0.25) is 0 Å². The molecule has 138 valence electrons. The van der Waals surface area contributed by atoms with Gasteiger partial charge in [0.15, 0.2) is 0 Å². The maximum atomic E-state index is 14.0. The number of nitrogens with one attached hydrogen (secondary N) is 2. The molecule has 0 bridgehead atoms. The second-order valence-corrected chi connectivity index (χ2v) is 8.15. The maximum absolute atomic E-state index is 14.0. The Labute approximate surface area is 160 Å². The zero-order valence-corrected chi connectivity index (χ0v) is 15.3. The Kier molecular flexibility index (Phi) is 3.77. The zero-order chi connectivity index (χ0) is 18.6. The van der Waals surface area contributed by atoms with Crippen LogP contribution in [-0.2, 0) is 15.1 Å². The molecule has 3 unspecified atom stereocenters. The van der Waals surface area contributed by atoms with Gasteiger partial charge in [0, 0.05) is 28.9 Å². The van der Waals surface area contributed by atoms with E-state index in [0.29, 0.717) is 12.3 Å². The van der Waals surface area contributed by atoms with Gasteiger partial charge in [0.1, 0.15) is 11.4 Å². The van der Waals surface area contributed by atoms with Crippen LogP contribution in [0.15, 0.2) is 48.5 Å². The number of nitrogens with zero attached hydrogens (tertiary/aromatic N) is 1. The highest BCUT2D eigenvalue weighted by atomic mass is 32.2. The summed E-state index contributed by atoms with van der Waals surface area (Å²) >= 11 is 1.78. The van der Waals surface area contributed by atoms with Crippen molar-refractivity contribution in [3.05, 3.63) is 59.9 Å². The standard InChI is InChI=1S/C20H18FN3O2S/c21-15-6-2-4-8-17(15)22-18(25)14-9-12-10-27-11-24(12)20(14)13-5-1-3-7-16(13)23-19(20)26/h1-8,12,14H,9-11H2,(H,22,25)(H,23,26). The van der Waals surface area contributed by atoms with Gasteiger partial charge in [-0.15, -0.1) is 11.8 Å². The Bertz CT molecular complexity index is 952. The molecule has 3 aliphatic heterocycles. The second kappa shape index (κ2) is 6.07. The summed E-state index contributed by atoms with van der Waals surface area (Å²) in [4.78, 5) is 28.6. The molecule has 2 fully saturated rings. The second-order valence-electron chi connectivity index (χ2n) is 7.15. The van der Waals surface area contributed by atoms with Crippen molar-refractivity contribution < 1.29 is 14.0 Å². The zero-order valence-electron chi connectivity index (χ0n) is 14.4. The molecule has 0 radical (unpaired) electrons. The van der Waals surface area contributed by atoms with E-state index in [0.717, 1.165) is 17.0 Å². The van der Waals surface area contributed by atoms with Gasteiger partial charge in [-0.3, -0.25) is 14.5 Å². The third-order valence-electron chi connectivity index (χ3n) is 5.83. The number of anilines is 2. The number of hydrogen-bond donors (Lipinski definition) is 2. The van der Waals surface area contributed by atoms with Gasteiger partial charge in [0.2, 0.25) is 11.8 Å². The highest BCUT2D eigenvalue weighted by molar-refractivity contribution is 7.99. The molecule has 5 nitrogen and oxygen atoms in total. The molecule has 0 aromatic heterocycles. The molecular formula is C20H18FN3O2S. The molecule has 2 aromatic rings. The molecule has 3 heterocycles. The van der Waals surface area contributed by atoms with Gasteiger partial charge < -0.3 is 10.6 Å². The maximum Gasteiger partial charge on any atom is 0.250 e. The van der Waals surface area contributed by atoms with E-state index in [1.807, 2.05) is 24.3 Å². The molecule has 5 rings (SSSR count). The van der Waals surface area contributed by atoms with Crippen LogP contribution in [0, 0.1) is 11.7 Å². The van der Waals surface area contributed by atoms with Crippen LogP contribution >= 0.6 is 11.8 Å². The minimum absolute atomic E-state index is 0.144. The Morgan fingerprint density at radius 3 is 2.85 bits per heavy atom. The number of amides is 2. The van der Waals surface area contributed by atoms with Crippen LogP contribution in [0.3, 0.4) is 0 Å². The number of thioether (sulfide) groups is 1. The van der Waals surface area contributed by atoms with Crippen LogP contribution < -0.4 is 10.6 Å². The van der Waals surface area contributed by atoms with Crippen molar-refractivity contribution in [3.8, 4) is 0 Å². The van der Waals surface area contributed by atoms with E-state index in [1.165, 1.54) is 12.1 Å². The summed E-state index contributed by atoms with van der Waals surface area (Å²) in [5.41, 5.74) is 0.711. The SMILES string of the molecule is O=C(Nc1ccccc1F)C1CC2CSCN2C12C(=O)Nc1ccccc12. The van der Waals surface area contributed by atoms with Crippen molar-refractivity contribution >= 4 is 35.0 Å². The van der Waals surface area contributed by atoms with Crippen LogP contribution in [0.4, 0.5) is 15.8 Å². The fraction of sp³-hybridized carbons (Fsp3) is 0.300. The predicted octanol–water partition coefficient (Wildman–Crippen LogP) is 3.01. The number of rotatable bonds is 2. The number of benzene rings is 2. The molecule has 0 aliphatic carbocycles. The third-order valence-corrected chi connectivity index (χ3v) is 6.91. The Hall–Kier alpha value is -2.38. The first kappa shape index (κ1) is 16.8. The number of fused-ring (bicyclic) bond motifs is 4. The molecule has 2 amide bonds. The van der Waals surface area contributed by atoms with Crippen molar-refractivity contribution in [3.63, 3.8) is 0 Å². The molecule has 3 atom stereocenters. The van der Waals surface area contributed by atoms with E-state index < -0.39 is 17.3 Å². The van der Waals surface area contributed by atoms with Crippen molar-refractivity contribution in [2.24, 2.45) is 5.92 Å². The quantitative estimate of drug-likeness (QED) is 0.837. The van der Waals surface area contributed by atoms with Crippen molar-refractivity contribution in [2.75, 3.05) is 22.3 Å². The number of carbonyl (C=O) groups excluding carboxylic acids is 2. The number of halogens is 1. The fourth-order valence-electron chi connectivity index (χ4n) is 4.69. The molecule has 27 heavy (non-hydrogen) atoms. The average molecular weight is 383 g/mol. The third kappa shape index (κ3) is 2.28. The summed E-state index contributed by atoms with van der Waals surface area (Å²) in [6, 6.07) is 13.8. The Morgan fingerprint density at radius 1 is 1.22 bits per heavy atom. The monoisotopic (exact) mass is 383 g/mol. The van der Waals surface area contributed by atoms with Crippen LogP contribution in [-0.4, -0.2) is 34.4 Å². The van der Waals surface area contributed by atoms with Crippen molar-refractivity contribution in [1.29, 1.82) is 0 Å². The fourth-order valence-corrected chi connectivity index (χ4v) is 5.99. The van der Waals surface area contributed by atoms with E-state index in [2.05, 4.69) is 15.5 Å². The van der Waals surface area contributed by atoms with Gasteiger partial charge in [-0.25, -0.2) is 4.39 Å². The predicted molar refractivity (Wildman–Crippen MR) is 103 cm³/mol. The first-order valence-electron chi connectivity index (χ1n) is 8.93. The molecule has 2 saturated heterocycles. The minimum atomic E-state index is -1.03. The number of para-hydroxylation sites is 2. The van der Waals surface area contributed by atoms with Crippen LogP contribution in [0.25, 0.3) is 0 Å². The number of hydrogen-bond acceptors (Lipinski definition) is 4. The van der Waals surface area contributed by atoms with Gasteiger partial charge in [-0.05, 0) is 24.6 Å². The lowest BCUT2D eigenvalue weighted by molar-refractivity contribution is -0.134. The molecule has 0 saturated carbocycles. The summed E-state index contributed by atoms with van der Waals surface area (Å²) in [6.07, 6.45) is 0.578. The average Bonchev–Trinajstić information content (AvgIpc) is 3.32. The van der Waals surface area contributed by atoms with Gasteiger partial charge >= 0.3 is 0 Å².